The molecule has 0 aliphatic carbocycles. The lowest BCUT2D eigenvalue weighted by Gasteiger charge is -2.09. The quantitative estimate of drug-likeness (QED) is 0.802. The molecule has 2 rings (SSSR count). The Balaban J connectivity index is 1.82. The number of amides is 1. The maximum absolute atomic E-state index is 12.6. The topological polar surface area (TPSA) is 41.1 Å². The van der Waals surface area contributed by atoms with E-state index < -0.39 is 0 Å². The van der Waals surface area contributed by atoms with Crippen molar-refractivity contribution in [2.24, 2.45) is 5.92 Å². The van der Waals surface area contributed by atoms with Crippen molar-refractivity contribution < 1.29 is 9.18 Å². The molecule has 0 bridgehead atoms. The first-order chi connectivity index (χ1) is 7.75. The first-order valence-electron chi connectivity index (χ1n) is 5.48. The van der Waals surface area contributed by atoms with E-state index in [1.54, 1.807) is 12.1 Å². The first kappa shape index (κ1) is 11.1. The van der Waals surface area contributed by atoms with Crippen molar-refractivity contribution in [3.63, 3.8) is 0 Å². The molecular weight excluding hydrogens is 207 g/mol. The summed E-state index contributed by atoms with van der Waals surface area (Å²) in [6.45, 7) is 2.14. The molecule has 1 aliphatic rings. The molecule has 1 aromatic carbocycles. The molecular formula is C12H15FN2O. The maximum Gasteiger partial charge on any atom is 0.224 e. The highest BCUT2D eigenvalue weighted by Crippen LogP contribution is 2.08. The molecule has 16 heavy (non-hydrogen) atoms. The summed E-state index contributed by atoms with van der Waals surface area (Å²) in [5.41, 5.74) is 0.917. The van der Waals surface area contributed by atoms with Crippen molar-refractivity contribution in [1.82, 2.24) is 10.6 Å². The zero-order valence-electron chi connectivity index (χ0n) is 9.00. The summed E-state index contributed by atoms with van der Waals surface area (Å²) in [4.78, 5) is 11.7. The van der Waals surface area contributed by atoms with E-state index in [9.17, 15) is 9.18 Å². The van der Waals surface area contributed by atoms with Gasteiger partial charge >= 0.3 is 0 Å². The van der Waals surface area contributed by atoms with Crippen LogP contribution in [0.4, 0.5) is 4.39 Å². The molecule has 0 saturated carbocycles. The van der Waals surface area contributed by atoms with Gasteiger partial charge in [0.15, 0.2) is 0 Å². The molecule has 0 aromatic heterocycles. The van der Waals surface area contributed by atoms with Crippen LogP contribution in [0.15, 0.2) is 24.3 Å². The van der Waals surface area contributed by atoms with Crippen LogP contribution in [0.1, 0.15) is 12.0 Å². The van der Waals surface area contributed by atoms with Gasteiger partial charge in [-0.2, -0.15) is 0 Å². The van der Waals surface area contributed by atoms with Gasteiger partial charge in [-0.1, -0.05) is 12.1 Å². The summed E-state index contributed by atoms with van der Waals surface area (Å²) in [5, 5.41) is 6.01. The molecule has 0 spiro atoms. The van der Waals surface area contributed by atoms with Gasteiger partial charge in [0.25, 0.3) is 0 Å². The molecule has 0 unspecified atom stereocenters. The largest absolute Gasteiger partial charge is 0.352 e. The van der Waals surface area contributed by atoms with Gasteiger partial charge < -0.3 is 10.6 Å². The molecule has 0 radical (unpaired) electrons. The molecule has 1 atom stereocenters. The number of rotatable bonds is 3. The molecule has 1 fully saturated rings. The van der Waals surface area contributed by atoms with Crippen LogP contribution < -0.4 is 10.6 Å². The number of hydrogen-bond acceptors (Lipinski definition) is 2. The number of carbonyl (C=O) groups is 1. The number of carbonyl (C=O) groups excluding carboxylic acids is 1. The van der Waals surface area contributed by atoms with Gasteiger partial charge in [0, 0.05) is 13.1 Å². The van der Waals surface area contributed by atoms with Crippen LogP contribution in [-0.2, 0) is 11.3 Å². The third-order valence-corrected chi connectivity index (χ3v) is 2.81. The second kappa shape index (κ2) is 5.07. The van der Waals surface area contributed by atoms with Gasteiger partial charge in [-0.3, -0.25) is 4.79 Å². The van der Waals surface area contributed by atoms with E-state index in [0.29, 0.717) is 6.54 Å². The zero-order valence-corrected chi connectivity index (χ0v) is 9.00. The summed E-state index contributed by atoms with van der Waals surface area (Å²) in [5.74, 6) is -0.0927. The molecule has 1 heterocycles. The lowest BCUT2D eigenvalue weighted by Crippen LogP contribution is -2.31. The Morgan fingerprint density at radius 2 is 2.19 bits per heavy atom. The molecule has 4 heteroatoms. The molecule has 1 saturated heterocycles. The van der Waals surface area contributed by atoms with Crippen LogP contribution in [0.5, 0.6) is 0 Å². The third kappa shape index (κ3) is 2.79. The molecule has 1 aliphatic heterocycles. The van der Waals surface area contributed by atoms with Crippen LogP contribution in [0.3, 0.4) is 0 Å². The van der Waals surface area contributed by atoms with Crippen LogP contribution >= 0.6 is 0 Å². The second-order valence-corrected chi connectivity index (χ2v) is 4.03. The highest BCUT2D eigenvalue weighted by Gasteiger charge is 2.21. The van der Waals surface area contributed by atoms with Crippen molar-refractivity contribution in [2.45, 2.75) is 13.0 Å². The van der Waals surface area contributed by atoms with E-state index in [1.165, 1.54) is 12.1 Å². The summed E-state index contributed by atoms with van der Waals surface area (Å²) >= 11 is 0. The highest BCUT2D eigenvalue weighted by atomic mass is 19.1. The van der Waals surface area contributed by atoms with E-state index in [2.05, 4.69) is 10.6 Å². The summed E-state index contributed by atoms with van der Waals surface area (Å²) in [6.07, 6.45) is 0.898. The predicted molar refractivity (Wildman–Crippen MR) is 59.2 cm³/mol. The Bertz CT molecular complexity index is 358. The average Bonchev–Trinajstić information content (AvgIpc) is 2.81. The fraction of sp³-hybridized carbons (Fsp3) is 0.417. The zero-order chi connectivity index (χ0) is 11.4. The van der Waals surface area contributed by atoms with E-state index >= 15 is 0 Å². The molecule has 2 N–H and O–H groups in total. The fourth-order valence-electron chi connectivity index (χ4n) is 1.81. The monoisotopic (exact) mass is 222 g/mol. The fourth-order valence-corrected chi connectivity index (χ4v) is 1.81. The third-order valence-electron chi connectivity index (χ3n) is 2.81. The summed E-state index contributed by atoms with van der Waals surface area (Å²) in [6, 6.07) is 6.17. The number of nitrogens with one attached hydrogen (secondary N) is 2. The van der Waals surface area contributed by atoms with Crippen molar-refractivity contribution in [3.8, 4) is 0 Å². The summed E-state index contributed by atoms with van der Waals surface area (Å²) in [7, 11) is 0. The Morgan fingerprint density at radius 1 is 1.44 bits per heavy atom. The van der Waals surface area contributed by atoms with Gasteiger partial charge in [-0.15, -0.1) is 0 Å². The van der Waals surface area contributed by atoms with Gasteiger partial charge in [0.05, 0.1) is 5.92 Å². The molecule has 1 aromatic rings. The molecule has 3 nitrogen and oxygen atoms in total. The number of halogens is 1. The Hall–Kier alpha value is -1.42. The van der Waals surface area contributed by atoms with Gasteiger partial charge in [0.1, 0.15) is 5.82 Å². The minimum absolute atomic E-state index is 0.0781. The Morgan fingerprint density at radius 3 is 2.81 bits per heavy atom. The van der Waals surface area contributed by atoms with E-state index in [-0.39, 0.29) is 17.6 Å². The number of benzene rings is 1. The number of hydrogen-bond donors (Lipinski definition) is 2. The standard InChI is InChI=1S/C12H15FN2O/c13-11-3-1-9(2-4-11)7-15-12(16)10-5-6-14-8-10/h1-4,10,14H,5-8H2,(H,15,16)/t10-/m0/s1. The lowest BCUT2D eigenvalue weighted by atomic mass is 10.1. The Kier molecular flexibility index (Phi) is 3.51. The lowest BCUT2D eigenvalue weighted by molar-refractivity contribution is -0.124. The van der Waals surface area contributed by atoms with Crippen LogP contribution in [0, 0.1) is 11.7 Å². The minimum atomic E-state index is -0.255. The average molecular weight is 222 g/mol. The van der Waals surface area contributed by atoms with Crippen LogP contribution in [-0.4, -0.2) is 19.0 Å². The van der Waals surface area contributed by atoms with Crippen molar-refractivity contribution in [2.75, 3.05) is 13.1 Å². The normalized spacial score (nSPS) is 19.7. The van der Waals surface area contributed by atoms with E-state index in [0.717, 1.165) is 25.1 Å². The summed E-state index contributed by atoms with van der Waals surface area (Å²) < 4.78 is 12.6. The first-order valence-corrected chi connectivity index (χ1v) is 5.48. The van der Waals surface area contributed by atoms with E-state index in [1.807, 2.05) is 0 Å². The van der Waals surface area contributed by atoms with Crippen molar-refractivity contribution in [3.05, 3.63) is 35.6 Å². The predicted octanol–water partition coefficient (Wildman–Crippen LogP) is 1.05. The van der Waals surface area contributed by atoms with Gasteiger partial charge in [-0.05, 0) is 30.7 Å². The highest BCUT2D eigenvalue weighted by molar-refractivity contribution is 5.79. The Labute approximate surface area is 94.0 Å². The minimum Gasteiger partial charge on any atom is -0.352 e. The van der Waals surface area contributed by atoms with Crippen molar-refractivity contribution >= 4 is 5.91 Å². The van der Waals surface area contributed by atoms with Crippen molar-refractivity contribution in [1.29, 1.82) is 0 Å². The molecule has 1 amide bonds. The second-order valence-electron chi connectivity index (χ2n) is 4.03. The van der Waals surface area contributed by atoms with Gasteiger partial charge in [0.2, 0.25) is 5.91 Å². The van der Waals surface area contributed by atoms with E-state index in [4.69, 9.17) is 0 Å². The smallest absolute Gasteiger partial charge is 0.224 e. The van der Waals surface area contributed by atoms with Crippen LogP contribution in [0.25, 0.3) is 0 Å². The molecule has 86 valence electrons. The van der Waals surface area contributed by atoms with Crippen LogP contribution in [0.2, 0.25) is 0 Å². The SMILES string of the molecule is O=C(NCc1ccc(F)cc1)[C@H]1CCNC1. The van der Waals surface area contributed by atoms with Gasteiger partial charge in [-0.25, -0.2) is 4.39 Å². The maximum atomic E-state index is 12.6.